The van der Waals surface area contributed by atoms with Gasteiger partial charge in [0.1, 0.15) is 17.7 Å². The van der Waals surface area contributed by atoms with Gasteiger partial charge in [-0.3, -0.25) is 9.78 Å². The lowest BCUT2D eigenvalue weighted by molar-refractivity contribution is 0.0993. The van der Waals surface area contributed by atoms with Crippen LogP contribution in [0.5, 0.6) is 5.75 Å². The summed E-state index contributed by atoms with van der Waals surface area (Å²) < 4.78 is 12.6. The topological polar surface area (TPSA) is 69.6 Å². The maximum absolute atomic E-state index is 13.2. The molecule has 0 saturated heterocycles. The van der Waals surface area contributed by atoms with Crippen molar-refractivity contribution in [3.05, 3.63) is 97.0 Å². The van der Waals surface area contributed by atoms with Crippen LogP contribution in [0.4, 0.5) is 0 Å². The summed E-state index contributed by atoms with van der Waals surface area (Å²) in [6.07, 6.45) is 8.61. The first-order valence-electron chi connectivity index (χ1n) is 9.83. The molecule has 1 aromatic carbocycles. The summed E-state index contributed by atoms with van der Waals surface area (Å²) in [5.74, 6) is 0.784. The van der Waals surface area contributed by atoms with Gasteiger partial charge in [0.25, 0.3) is 0 Å². The molecule has 31 heavy (non-hydrogen) atoms. The number of hydrogen-bond donors (Lipinski definition) is 0. The summed E-state index contributed by atoms with van der Waals surface area (Å²) in [5, 5.41) is 0. The van der Waals surface area contributed by atoms with E-state index in [1.165, 1.54) is 6.39 Å². The van der Waals surface area contributed by atoms with E-state index in [-0.39, 0.29) is 12.2 Å². The van der Waals surface area contributed by atoms with Gasteiger partial charge < -0.3 is 13.6 Å². The van der Waals surface area contributed by atoms with Crippen molar-refractivity contribution in [2.75, 3.05) is 7.11 Å². The van der Waals surface area contributed by atoms with E-state index in [0.29, 0.717) is 17.0 Å². The summed E-state index contributed by atoms with van der Waals surface area (Å²) in [4.78, 5) is 21.6. The second-order valence-electron chi connectivity index (χ2n) is 7.19. The van der Waals surface area contributed by atoms with Crippen molar-refractivity contribution in [3.63, 3.8) is 0 Å². The highest BCUT2D eigenvalue weighted by molar-refractivity contribution is 6.04. The summed E-state index contributed by atoms with van der Waals surface area (Å²) in [6, 6.07) is 17.5. The van der Waals surface area contributed by atoms with Crippen LogP contribution >= 0.6 is 0 Å². The maximum Gasteiger partial charge on any atom is 0.181 e. The van der Waals surface area contributed by atoms with Crippen LogP contribution < -0.4 is 4.74 Å². The van der Waals surface area contributed by atoms with E-state index in [9.17, 15) is 4.79 Å². The van der Waals surface area contributed by atoms with E-state index < -0.39 is 0 Å². The molecular weight excluding hydrogens is 390 g/mol. The molecule has 0 spiro atoms. The number of fused-ring (bicyclic) bond motifs is 1. The van der Waals surface area contributed by atoms with Crippen LogP contribution in [-0.4, -0.2) is 27.3 Å². The van der Waals surface area contributed by atoms with Gasteiger partial charge in [-0.15, -0.1) is 0 Å². The zero-order valence-electron chi connectivity index (χ0n) is 16.9. The van der Waals surface area contributed by atoms with Gasteiger partial charge in [0.15, 0.2) is 12.2 Å². The lowest BCUT2D eigenvalue weighted by atomic mass is 10.0. The van der Waals surface area contributed by atoms with Gasteiger partial charge in [0.05, 0.1) is 12.8 Å². The van der Waals surface area contributed by atoms with Crippen molar-refractivity contribution in [3.8, 4) is 28.3 Å². The number of carbonyl (C=O) groups excluding carboxylic acids is 1. The molecule has 0 aliphatic carbocycles. The Morgan fingerprint density at radius 1 is 1.10 bits per heavy atom. The van der Waals surface area contributed by atoms with Crippen LogP contribution in [0.1, 0.15) is 15.9 Å². The molecule has 0 fully saturated rings. The van der Waals surface area contributed by atoms with E-state index in [0.717, 1.165) is 28.0 Å². The number of oxazole rings is 1. The van der Waals surface area contributed by atoms with Gasteiger partial charge in [-0.05, 0) is 47.0 Å². The van der Waals surface area contributed by atoms with Crippen LogP contribution in [0.15, 0.2) is 90.3 Å². The number of benzene rings is 1. The van der Waals surface area contributed by atoms with Crippen LogP contribution in [0.2, 0.25) is 0 Å². The van der Waals surface area contributed by atoms with Gasteiger partial charge in [-0.2, -0.15) is 0 Å². The van der Waals surface area contributed by atoms with Crippen molar-refractivity contribution < 1.29 is 13.9 Å². The maximum atomic E-state index is 13.2. The minimum atomic E-state index is -0.00219. The molecule has 6 heteroatoms. The van der Waals surface area contributed by atoms with E-state index in [4.69, 9.17) is 9.15 Å². The second-order valence-corrected chi connectivity index (χ2v) is 7.19. The minimum absolute atomic E-state index is 0.00219. The molecule has 0 N–H and O–H groups in total. The molecule has 0 saturated carbocycles. The zero-order chi connectivity index (χ0) is 21.2. The Labute approximate surface area is 178 Å². The Kier molecular flexibility index (Phi) is 4.80. The van der Waals surface area contributed by atoms with Crippen molar-refractivity contribution >= 4 is 11.3 Å². The Morgan fingerprint density at radius 2 is 2.03 bits per heavy atom. The average molecular weight is 409 g/mol. The number of ketones is 1. The summed E-state index contributed by atoms with van der Waals surface area (Å²) >= 11 is 0. The van der Waals surface area contributed by atoms with Crippen molar-refractivity contribution in [2.45, 2.75) is 6.42 Å². The Hall–Kier alpha value is -4.19. The van der Waals surface area contributed by atoms with E-state index in [2.05, 4.69) is 9.97 Å². The molecule has 0 unspecified atom stereocenters. The molecule has 0 amide bonds. The predicted molar refractivity (Wildman–Crippen MR) is 117 cm³/mol. The number of Topliss-reactive ketones (excluding diaryl/α,β-unsaturated/α-hetero) is 1. The smallest absolute Gasteiger partial charge is 0.181 e. The third-order valence-electron chi connectivity index (χ3n) is 5.23. The largest absolute Gasteiger partial charge is 0.497 e. The highest BCUT2D eigenvalue weighted by atomic mass is 16.5. The number of aromatic nitrogens is 3. The molecule has 4 aromatic heterocycles. The average Bonchev–Trinajstić information content (AvgIpc) is 3.47. The first-order valence-corrected chi connectivity index (χ1v) is 9.83. The van der Waals surface area contributed by atoms with Gasteiger partial charge in [0.2, 0.25) is 0 Å². The van der Waals surface area contributed by atoms with E-state index in [1.807, 2.05) is 65.2 Å². The molecule has 4 heterocycles. The van der Waals surface area contributed by atoms with Crippen molar-refractivity contribution in [1.82, 2.24) is 14.4 Å². The third-order valence-corrected chi connectivity index (χ3v) is 5.23. The zero-order valence-corrected chi connectivity index (χ0v) is 16.9. The first kappa shape index (κ1) is 18.8. The number of methoxy groups -OCH3 is 1. The highest BCUT2D eigenvalue weighted by Crippen LogP contribution is 2.31. The molecule has 0 aliphatic heterocycles. The number of ether oxygens (including phenoxy) is 1. The molecule has 6 nitrogen and oxygen atoms in total. The summed E-state index contributed by atoms with van der Waals surface area (Å²) in [7, 11) is 1.65. The number of nitrogens with zero attached hydrogens (tertiary/aromatic N) is 3. The van der Waals surface area contributed by atoms with Crippen LogP contribution in [0, 0.1) is 0 Å². The van der Waals surface area contributed by atoms with Crippen LogP contribution in [0.3, 0.4) is 0 Å². The molecular formula is C25H19N3O3. The standard InChI is InChI=1S/C25H19N3O3/c1-30-21-6-2-5-18(11-21)19-7-8-20-12-22(24(29)10-17-4-3-9-26-13-17)25(28(20)14-19)23-15-31-16-27-23/h2-9,11-16H,10H2,1H3. The molecule has 0 radical (unpaired) electrons. The number of rotatable bonds is 6. The van der Waals surface area contributed by atoms with Crippen molar-refractivity contribution in [2.24, 2.45) is 0 Å². The first-order chi connectivity index (χ1) is 15.2. The van der Waals surface area contributed by atoms with Gasteiger partial charge in [0, 0.05) is 36.1 Å². The van der Waals surface area contributed by atoms with Gasteiger partial charge in [-0.1, -0.05) is 24.3 Å². The molecule has 0 atom stereocenters. The summed E-state index contributed by atoms with van der Waals surface area (Å²) in [5.41, 5.74) is 5.70. The lowest BCUT2D eigenvalue weighted by Gasteiger charge is -2.08. The predicted octanol–water partition coefficient (Wildman–Crippen LogP) is 5.09. The van der Waals surface area contributed by atoms with Gasteiger partial charge >= 0.3 is 0 Å². The Balaban J connectivity index is 1.64. The molecule has 0 aliphatic rings. The van der Waals surface area contributed by atoms with E-state index >= 15 is 0 Å². The molecule has 152 valence electrons. The fourth-order valence-corrected chi connectivity index (χ4v) is 3.73. The van der Waals surface area contributed by atoms with Crippen molar-refractivity contribution in [1.29, 1.82) is 0 Å². The monoisotopic (exact) mass is 409 g/mol. The lowest BCUT2D eigenvalue weighted by Crippen LogP contribution is -2.05. The van der Waals surface area contributed by atoms with Crippen LogP contribution in [0.25, 0.3) is 28.0 Å². The van der Waals surface area contributed by atoms with Gasteiger partial charge in [-0.25, -0.2) is 4.98 Å². The highest BCUT2D eigenvalue weighted by Gasteiger charge is 2.21. The Bertz CT molecular complexity index is 1360. The number of hydrogen-bond acceptors (Lipinski definition) is 5. The molecule has 5 aromatic rings. The van der Waals surface area contributed by atoms with Crippen LogP contribution in [-0.2, 0) is 6.42 Å². The van der Waals surface area contributed by atoms with E-state index in [1.54, 1.807) is 25.8 Å². The molecule has 5 rings (SSSR count). The number of carbonyl (C=O) groups is 1. The third kappa shape index (κ3) is 3.59. The normalized spacial score (nSPS) is 11.0. The summed E-state index contributed by atoms with van der Waals surface area (Å²) in [6.45, 7) is 0. The quantitative estimate of drug-likeness (QED) is 0.365. The molecule has 0 bridgehead atoms. The number of pyridine rings is 2. The Morgan fingerprint density at radius 3 is 2.81 bits per heavy atom. The fraction of sp³-hybridized carbons (Fsp3) is 0.0800. The SMILES string of the molecule is COc1cccc(-c2ccc3cc(C(=O)Cc4cccnc4)c(-c4cocn4)n3c2)c1. The fourth-order valence-electron chi connectivity index (χ4n) is 3.73. The second kappa shape index (κ2) is 7.91. The minimum Gasteiger partial charge on any atom is -0.497 e.